The van der Waals surface area contributed by atoms with Gasteiger partial charge in [-0.3, -0.25) is 0 Å². The minimum absolute atomic E-state index is 0. The molecule has 1 aromatic heterocycles. The summed E-state index contributed by atoms with van der Waals surface area (Å²) in [5, 5.41) is -0.384. The monoisotopic (exact) mass is 494 g/mol. The predicted octanol–water partition coefficient (Wildman–Crippen LogP) is 6.64. The maximum absolute atomic E-state index is 14.1. The summed E-state index contributed by atoms with van der Waals surface area (Å²) in [6.07, 6.45) is -8.99. The summed E-state index contributed by atoms with van der Waals surface area (Å²) in [6, 6.07) is 2.15. The van der Waals surface area contributed by atoms with Crippen molar-refractivity contribution in [2.75, 3.05) is 18.0 Å². The van der Waals surface area contributed by atoms with Crippen molar-refractivity contribution in [2.24, 2.45) is 0 Å². The van der Waals surface area contributed by atoms with E-state index >= 15 is 0 Å². The zero-order valence-electron chi connectivity index (χ0n) is 15.3. The van der Waals surface area contributed by atoms with Gasteiger partial charge in [-0.25, -0.2) is 9.97 Å². The molecular weight excluding hydrogens is 481 g/mol. The summed E-state index contributed by atoms with van der Waals surface area (Å²) in [4.78, 5) is 8.33. The van der Waals surface area contributed by atoms with E-state index in [1.807, 2.05) is 0 Å². The van der Waals surface area contributed by atoms with Gasteiger partial charge in [0, 0.05) is 19.3 Å². The van der Waals surface area contributed by atoms with Crippen LogP contribution in [0, 0.1) is 6.92 Å². The molecule has 0 bridgehead atoms. The predicted molar refractivity (Wildman–Crippen MR) is 103 cm³/mol. The molecule has 1 saturated heterocycles. The number of benzene rings is 1. The number of aromatic nitrogens is 2. The highest BCUT2D eigenvalue weighted by Crippen LogP contribution is 2.50. The molecule has 1 aliphatic heterocycles. The van der Waals surface area contributed by atoms with Gasteiger partial charge in [-0.2, -0.15) is 26.3 Å². The Balaban J connectivity index is 0.00000320. The van der Waals surface area contributed by atoms with Crippen molar-refractivity contribution in [3.05, 3.63) is 50.2 Å². The minimum atomic E-state index is -4.75. The Morgan fingerprint density at radius 1 is 1.03 bits per heavy atom. The molecule has 1 fully saturated rings. The quantitative estimate of drug-likeness (QED) is 0.375. The van der Waals surface area contributed by atoms with Crippen molar-refractivity contribution in [2.45, 2.75) is 31.1 Å². The van der Waals surface area contributed by atoms with Gasteiger partial charge in [0.1, 0.15) is 5.41 Å². The minimum Gasteiger partial charge on any atom is -0.344 e. The van der Waals surface area contributed by atoms with Crippen LogP contribution in [0.4, 0.5) is 32.3 Å². The lowest BCUT2D eigenvalue weighted by atomic mass is 9.79. The van der Waals surface area contributed by atoms with Crippen LogP contribution in [0.2, 0.25) is 15.1 Å². The molecule has 0 radical (unpaired) electrons. The fraction of sp³-hybridized carbons (Fsp3) is 0.412. The van der Waals surface area contributed by atoms with Gasteiger partial charge in [0.05, 0.1) is 15.1 Å². The molecule has 2 heterocycles. The molecule has 1 aromatic carbocycles. The average Bonchev–Trinajstić information content (AvgIpc) is 3.05. The van der Waals surface area contributed by atoms with Crippen molar-refractivity contribution in [3.8, 4) is 0 Å². The zero-order chi connectivity index (χ0) is 21.8. The Morgan fingerprint density at radius 3 is 2.10 bits per heavy atom. The van der Waals surface area contributed by atoms with E-state index in [9.17, 15) is 26.3 Å². The number of hydrogen-bond acceptors (Lipinski definition) is 4. The number of aryl methyl sites for hydroxylation is 1. The van der Waals surface area contributed by atoms with Crippen LogP contribution in [0.15, 0.2) is 18.3 Å². The first-order valence-electron chi connectivity index (χ1n) is 8.14. The number of nitrogens with zero attached hydrogens (tertiary/aromatic N) is 3. The Hall–Kier alpha value is -1.49. The van der Waals surface area contributed by atoms with Gasteiger partial charge in [-0.1, -0.05) is 34.8 Å². The third kappa shape index (κ3) is 4.28. The van der Waals surface area contributed by atoms with E-state index in [2.05, 4.69) is 9.97 Å². The number of rotatable bonds is 2. The Labute approximate surface area is 182 Å². The van der Waals surface area contributed by atoms with E-state index in [-0.39, 0.29) is 38.9 Å². The second kappa shape index (κ2) is 8.22. The third-order valence-corrected chi connectivity index (χ3v) is 6.06. The Bertz CT molecular complexity index is 927. The molecule has 1 aliphatic rings. The molecule has 1 atom stereocenters. The molecule has 13 heteroatoms. The number of hydrogen-bond donors (Lipinski definition) is 1. The fourth-order valence-corrected chi connectivity index (χ4v) is 3.91. The first-order valence-corrected chi connectivity index (χ1v) is 9.27. The second-order valence-corrected chi connectivity index (χ2v) is 7.90. The topological polar surface area (TPSA) is 64.0 Å². The van der Waals surface area contributed by atoms with Crippen LogP contribution in [-0.2, 0) is 11.6 Å². The molecule has 1 unspecified atom stereocenters. The van der Waals surface area contributed by atoms with E-state index < -0.39 is 42.4 Å². The first-order chi connectivity index (χ1) is 13.3. The summed E-state index contributed by atoms with van der Waals surface area (Å²) < 4.78 is 81.7. The highest BCUT2D eigenvalue weighted by Gasteiger charge is 2.59. The summed E-state index contributed by atoms with van der Waals surface area (Å²) in [7, 11) is 0. The first kappa shape index (κ1) is 24.8. The molecule has 2 aromatic rings. The second-order valence-electron chi connectivity index (χ2n) is 6.70. The average molecular weight is 496 g/mol. The largest absolute Gasteiger partial charge is 0.433 e. The van der Waals surface area contributed by atoms with Gasteiger partial charge >= 0.3 is 12.4 Å². The summed E-state index contributed by atoms with van der Waals surface area (Å²) in [6.45, 7) is 0.275. The molecule has 3 N–H and O–H groups in total. The lowest BCUT2D eigenvalue weighted by Crippen LogP contribution is -2.45. The molecule has 166 valence electrons. The summed E-state index contributed by atoms with van der Waals surface area (Å²) >= 11 is 17.6. The number of halogens is 9. The molecular formula is C17H15Cl3F6N4. The van der Waals surface area contributed by atoms with Gasteiger partial charge in [-0.15, -0.1) is 0 Å². The van der Waals surface area contributed by atoms with Crippen molar-refractivity contribution in [3.63, 3.8) is 0 Å². The van der Waals surface area contributed by atoms with Crippen LogP contribution < -0.4 is 11.1 Å². The maximum atomic E-state index is 14.1. The SMILES string of the molecule is Cc1cnc(N2CCC(c3cc(Cl)c(Cl)c(Cl)c3)(C(F)(F)F)C2)nc1C(F)(F)F.N. The smallest absolute Gasteiger partial charge is 0.344 e. The van der Waals surface area contributed by atoms with Crippen LogP contribution in [0.3, 0.4) is 0 Å². The van der Waals surface area contributed by atoms with Gasteiger partial charge in [-0.05, 0) is 36.6 Å². The van der Waals surface area contributed by atoms with Crippen LogP contribution in [0.25, 0.3) is 0 Å². The summed E-state index contributed by atoms with van der Waals surface area (Å²) in [5.74, 6) is -0.430. The van der Waals surface area contributed by atoms with Crippen molar-refractivity contribution >= 4 is 40.8 Å². The van der Waals surface area contributed by atoms with Gasteiger partial charge in [0.2, 0.25) is 5.95 Å². The molecule has 4 nitrogen and oxygen atoms in total. The van der Waals surface area contributed by atoms with Crippen molar-refractivity contribution in [1.82, 2.24) is 16.1 Å². The summed E-state index contributed by atoms with van der Waals surface area (Å²) in [5.41, 5.74) is -4.06. The van der Waals surface area contributed by atoms with Crippen LogP contribution in [0.1, 0.15) is 23.2 Å². The van der Waals surface area contributed by atoms with Crippen molar-refractivity contribution in [1.29, 1.82) is 0 Å². The Morgan fingerprint density at radius 2 is 1.60 bits per heavy atom. The van der Waals surface area contributed by atoms with E-state index in [1.165, 1.54) is 6.92 Å². The zero-order valence-corrected chi connectivity index (χ0v) is 17.6. The third-order valence-electron chi connectivity index (χ3n) is 4.86. The normalized spacial score (nSPS) is 19.7. The van der Waals surface area contributed by atoms with Gasteiger partial charge < -0.3 is 11.1 Å². The molecule has 0 aliphatic carbocycles. The fourth-order valence-electron chi connectivity index (χ4n) is 3.32. The molecule has 0 saturated carbocycles. The van der Waals surface area contributed by atoms with E-state index in [1.54, 1.807) is 0 Å². The molecule has 0 spiro atoms. The van der Waals surface area contributed by atoms with Crippen LogP contribution >= 0.6 is 34.8 Å². The highest BCUT2D eigenvalue weighted by atomic mass is 35.5. The maximum Gasteiger partial charge on any atom is 0.433 e. The van der Waals surface area contributed by atoms with Crippen LogP contribution in [-0.4, -0.2) is 29.2 Å². The van der Waals surface area contributed by atoms with Crippen molar-refractivity contribution < 1.29 is 26.3 Å². The van der Waals surface area contributed by atoms with E-state index in [4.69, 9.17) is 34.8 Å². The number of anilines is 1. The Kier molecular flexibility index (Phi) is 6.79. The molecule has 0 amide bonds. The van der Waals surface area contributed by atoms with Gasteiger partial charge in [0.25, 0.3) is 0 Å². The van der Waals surface area contributed by atoms with E-state index in [0.29, 0.717) is 0 Å². The lowest BCUT2D eigenvalue weighted by molar-refractivity contribution is -0.184. The lowest BCUT2D eigenvalue weighted by Gasteiger charge is -2.32. The highest BCUT2D eigenvalue weighted by molar-refractivity contribution is 6.48. The van der Waals surface area contributed by atoms with Gasteiger partial charge in [0.15, 0.2) is 5.69 Å². The standard InChI is InChI=1S/C17H12Cl3F6N3.H3N/c1-8-6-27-14(28-13(8)16(21,22)23)29-3-2-15(7-29,17(24,25)26)9-4-10(18)12(20)11(19)5-9;/h4-6H,2-3,7H2,1H3;1H3. The van der Waals surface area contributed by atoms with E-state index in [0.717, 1.165) is 23.2 Å². The molecule has 3 rings (SSSR count). The van der Waals surface area contributed by atoms with Crippen LogP contribution in [0.5, 0.6) is 0 Å². The molecule has 30 heavy (non-hydrogen) atoms. The number of alkyl halides is 6.